The van der Waals surface area contributed by atoms with Crippen LogP contribution in [0.3, 0.4) is 0 Å². The molecule has 0 amide bonds. The first kappa shape index (κ1) is 14.3. The molecule has 1 aromatic rings. The van der Waals surface area contributed by atoms with Crippen molar-refractivity contribution in [3.8, 4) is 0 Å². The lowest BCUT2D eigenvalue weighted by Crippen LogP contribution is -2.37. The van der Waals surface area contributed by atoms with Gasteiger partial charge in [0.2, 0.25) is 10.0 Å². The van der Waals surface area contributed by atoms with Crippen LogP contribution in [0, 0.1) is 6.92 Å². The lowest BCUT2D eigenvalue weighted by Gasteiger charge is -2.29. The summed E-state index contributed by atoms with van der Waals surface area (Å²) < 4.78 is 27.1. The first-order chi connectivity index (χ1) is 9.89. The standard InChI is InChI=1S/C17H19NO2S/c1-12-4-8-16(9-5-12)21(19,20)18-10-14(3)17-13(2)6-7-15(17)11-18/h4-5,7-9H,2,6,10-11H2,1,3H3. The van der Waals surface area contributed by atoms with E-state index in [2.05, 4.69) is 12.7 Å². The molecule has 0 saturated carbocycles. The Hall–Kier alpha value is -1.65. The van der Waals surface area contributed by atoms with E-state index in [9.17, 15) is 8.42 Å². The fraction of sp³-hybridized carbons (Fsp3) is 0.294. The average molecular weight is 301 g/mol. The van der Waals surface area contributed by atoms with Crippen LogP contribution in [0.5, 0.6) is 0 Å². The predicted octanol–water partition coefficient (Wildman–Crippen LogP) is 3.20. The Kier molecular flexibility index (Phi) is 3.38. The number of sulfonamides is 1. The minimum Gasteiger partial charge on any atom is -0.207 e. The molecule has 0 spiro atoms. The second-order valence-corrected chi connectivity index (χ2v) is 7.72. The summed E-state index contributed by atoms with van der Waals surface area (Å²) in [5, 5.41) is 0. The molecule has 21 heavy (non-hydrogen) atoms. The molecule has 0 unspecified atom stereocenters. The van der Waals surface area contributed by atoms with Crippen LogP contribution in [-0.4, -0.2) is 25.8 Å². The summed E-state index contributed by atoms with van der Waals surface area (Å²) in [5.74, 6) is 0. The number of aryl methyl sites for hydroxylation is 1. The fourth-order valence-corrected chi connectivity index (χ4v) is 4.47. The summed E-state index contributed by atoms with van der Waals surface area (Å²) in [6.07, 6.45) is 2.93. The van der Waals surface area contributed by atoms with Gasteiger partial charge >= 0.3 is 0 Å². The minimum atomic E-state index is -3.44. The number of allylic oxidation sites excluding steroid dienone is 2. The Balaban J connectivity index is 1.97. The van der Waals surface area contributed by atoms with E-state index in [1.54, 1.807) is 16.4 Å². The maximum atomic E-state index is 12.8. The molecule has 1 aliphatic heterocycles. The Morgan fingerprint density at radius 2 is 1.76 bits per heavy atom. The van der Waals surface area contributed by atoms with Gasteiger partial charge in [0.05, 0.1) is 4.90 Å². The van der Waals surface area contributed by atoms with Gasteiger partial charge in [-0.1, -0.05) is 35.9 Å². The molecular formula is C17H19NO2S. The Morgan fingerprint density at radius 3 is 2.43 bits per heavy atom. The van der Waals surface area contributed by atoms with Crippen LogP contribution in [0.25, 0.3) is 0 Å². The number of rotatable bonds is 2. The highest BCUT2D eigenvalue weighted by Crippen LogP contribution is 2.37. The first-order valence-electron chi connectivity index (χ1n) is 7.03. The van der Waals surface area contributed by atoms with Crippen LogP contribution in [0.15, 0.2) is 64.1 Å². The molecule has 0 bridgehead atoms. The van der Waals surface area contributed by atoms with Crippen LogP contribution >= 0.6 is 0 Å². The molecule has 0 radical (unpaired) electrons. The molecule has 3 rings (SSSR count). The van der Waals surface area contributed by atoms with Gasteiger partial charge in [-0.15, -0.1) is 0 Å². The molecule has 1 heterocycles. The van der Waals surface area contributed by atoms with Crippen molar-refractivity contribution in [2.45, 2.75) is 25.2 Å². The first-order valence-corrected chi connectivity index (χ1v) is 8.48. The number of hydrogen-bond donors (Lipinski definition) is 0. The van der Waals surface area contributed by atoms with Crippen LogP contribution < -0.4 is 0 Å². The van der Waals surface area contributed by atoms with Gasteiger partial charge in [0.1, 0.15) is 0 Å². The van der Waals surface area contributed by atoms with Crippen molar-refractivity contribution in [2.75, 3.05) is 13.1 Å². The summed E-state index contributed by atoms with van der Waals surface area (Å²) in [6, 6.07) is 7.03. The van der Waals surface area contributed by atoms with Gasteiger partial charge in [0, 0.05) is 13.1 Å². The molecule has 110 valence electrons. The summed E-state index contributed by atoms with van der Waals surface area (Å²) in [6.45, 7) is 8.91. The van der Waals surface area contributed by atoms with Crippen molar-refractivity contribution < 1.29 is 8.42 Å². The predicted molar refractivity (Wildman–Crippen MR) is 84.5 cm³/mol. The molecule has 2 aliphatic rings. The van der Waals surface area contributed by atoms with Crippen molar-refractivity contribution >= 4 is 10.0 Å². The van der Waals surface area contributed by atoms with Crippen molar-refractivity contribution in [2.24, 2.45) is 0 Å². The number of benzene rings is 1. The van der Waals surface area contributed by atoms with E-state index < -0.39 is 10.0 Å². The topological polar surface area (TPSA) is 37.4 Å². The minimum absolute atomic E-state index is 0.363. The second-order valence-electron chi connectivity index (χ2n) is 5.78. The zero-order valence-electron chi connectivity index (χ0n) is 12.4. The molecule has 1 aliphatic carbocycles. The van der Waals surface area contributed by atoms with Gasteiger partial charge in [-0.3, -0.25) is 0 Å². The fourth-order valence-electron chi connectivity index (χ4n) is 3.02. The molecule has 1 aromatic carbocycles. The van der Waals surface area contributed by atoms with Gasteiger partial charge in [0.25, 0.3) is 0 Å². The zero-order chi connectivity index (χ0) is 15.2. The van der Waals surface area contributed by atoms with E-state index in [0.717, 1.165) is 28.7 Å². The van der Waals surface area contributed by atoms with Crippen molar-refractivity contribution in [3.63, 3.8) is 0 Å². The SMILES string of the molecule is C=C1CC=C2CN(S(=O)(=O)c3ccc(C)cc3)CC(C)=C12. The lowest BCUT2D eigenvalue weighted by molar-refractivity contribution is 0.452. The average Bonchev–Trinajstić information content (AvgIpc) is 2.81. The maximum Gasteiger partial charge on any atom is 0.243 e. The molecule has 0 aromatic heterocycles. The number of hydrogen-bond acceptors (Lipinski definition) is 2. The van der Waals surface area contributed by atoms with E-state index in [1.165, 1.54) is 5.57 Å². The van der Waals surface area contributed by atoms with Crippen LogP contribution in [0.1, 0.15) is 18.9 Å². The van der Waals surface area contributed by atoms with E-state index in [1.807, 2.05) is 26.0 Å². The van der Waals surface area contributed by atoms with E-state index in [-0.39, 0.29) is 0 Å². The second kappa shape index (κ2) is 4.97. The molecule has 0 fully saturated rings. The number of nitrogens with zero attached hydrogens (tertiary/aromatic N) is 1. The highest BCUT2D eigenvalue weighted by atomic mass is 32.2. The largest absolute Gasteiger partial charge is 0.243 e. The van der Waals surface area contributed by atoms with E-state index in [4.69, 9.17) is 0 Å². The molecule has 4 heteroatoms. The maximum absolute atomic E-state index is 12.8. The highest BCUT2D eigenvalue weighted by Gasteiger charge is 2.32. The van der Waals surface area contributed by atoms with Crippen molar-refractivity contribution in [1.82, 2.24) is 4.31 Å². The summed E-state index contributed by atoms with van der Waals surface area (Å²) in [5.41, 5.74) is 5.53. The van der Waals surface area contributed by atoms with E-state index in [0.29, 0.717) is 18.0 Å². The van der Waals surface area contributed by atoms with Crippen LogP contribution in [-0.2, 0) is 10.0 Å². The Labute approximate surface area is 126 Å². The third kappa shape index (κ3) is 2.39. The summed E-state index contributed by atoms with van der Waals surface area (Å²) in [7, 11) is -3.44. The highest BCUT2D eigenvalue weighted by molar-refractivity contribution is 7.89. The van der Waals surface area contributed by atoms with Gasteiger partial charge in [-0.25, -0.2) is 8.42 Å². The van der Waals surface area contributed by atoms with Crippen molar-refractivity contribution in [1.29, 1.82) is 0 Å². The Morgan fingerprint density at radius 1 is 1.10 bits per heavy atom. The summed E-state index contributed by atoms with van der Waals surface area (Å²) >= 11 is 0. The van der Waals surface area contributed by atoms with Gasteiger partial charge in [-0.05, 0) is 49.1 Å². The quantitative estimate of drug-likeness (QED) is 0.841. The lowest BCUT2D eigenvalue weighted by atomic mass is 9.97. The molecule has 0 saturated heterocycles. The number of fused-ring (bicyclic) bond motifs is 1. The van der Waals surface area contributed by atoms with Gasteiger partial charge < -0.3 is 0 Å². The van der Waals surface area contributed by atoms with E-state index >= 15 is 0 Å². The Bertz CT molecular complexity index is 768. The zero-order valence-corrected chi connectivity index (χ0v) is 13.2. The smallest absolute Gasteiger partial charge is 0.207 e. The molecule has 0 atom stereocenters. The van der Waals surface area contributed by atoms with Crippen molar-refractivity contribution in [3.05, 3.63) is 64.8 Å². The monoisotopic (exact) mass is 301 g/mol. The van der Waals surface area contributed by atoms with Crippen LogP contribution in [0.2, 0.25) is 0 Å². The normalized spacial score (nSPS) is 19.7. The molecule has 3 nitrogen and oxygen atoms in total. The van der Waals surface area contributed by atoms with Gasteiger partial charge in [0.15, 0.2) is 0 Å². The summed E-state index contributed by atoms with van der Waals surface area (Å²) in [4.78, 5) is 0.363. The van der Waals surface area contributed by atoms with Crippen LogP contribution in [0.4, 0.5) is 0 Å². The molecule has 0 N–H and O–H groups in total. The third-order valence-corrected chi connectivity index (χ3v) is 5.92. The van der Waals surface area contributed by atoms with Gasteiger partial charge in [-0.2, -0.15) is 4.31 Å². The third-order valence-electron chi connectivity index (χ3n) is 4.12. The molecular weight excluding hydrogens is 282 g/mol.